The lowest BCUT2D eigenvalue weighted by Crippen LogP contribution is -2.31. The van der Waals surface area contributed by atoms with Crippen molar-refractivity contribution >= 4 is 11.8 Å². The highest BCUT2D eigenvalue weighted by atomic mass is 16.2. The molecule has 6 heteroatoms. The summed E-state index contributed by atoms with van der Waals surface area (Å²) in [7, 11) is 1.79. The summed E-state index contributed by atoms with van der Waals surface area (Å²) in [4.78, 5) is 25.1. The fraction of sp³-hybridized carbons (Fsp3) is 0.615. The third-order valence-electron chi connectivity index (χ3n) is 3.29. The lowest BCUT2D eigenvalue weighted by molar-refractivity contribution is -0.127. The van der Waals surface area contributed by atoms with Crippen molar-refractivity contribution in [2.45, 2.75) is 26.2 Å². The smallest absolute Gasteiger partial charge is 0.272 e. The molecule has 1 aliphatic rings. The van der Waals surface area contributed by atoms with Gasteiger partial charge in [-0.1, -0.05) is 0 Å². The maximum absolute atomic E-state index is 11.9. The topological polar surface area (TPSA) is 67.2 Å². The van der Waals surface area contributed by atoms with Gasteiger partial charge in [-0.2, -0.15) is 5.10 Å². The van der Waals surface area contributed by atoms with E-state index in [9.17, 15) is 9.59 Å². The van der Waals surface area contributed by atoms with Gasteiger partial charge in [-0.15, -0.1) is 0 Å². The average Bonchev–Trinajstić information content (AvgIpc) is 2.91. The quantitative estimate of drug-likeness (QED) is 0.786. The Morgan fingerprint density at radius 1 is 1.53 bits per heavy atom. The summed E-state index contributed by atoms with van der Waals surface area (Å²) in [6.07, 6.45) is 4.22. The lowest BCUT2D eigenvalue weighted by Gasteiger charge is -2.15. The number of nitrogens with one attached hydrogen (secondary N) is 1. The van der Waals surface area contributed by atoms with Crippen LogP contribution in [0.15, 0.2) is 6.20 Å². The SMILES string of the molecule is Cc1cn(C)nc1C(=O)NCCCN1CCCC1=O. The summed E-state index contributed by atoms with van der Waals surface area (Å²) < 4.78 is 1.63. The van der Waals surface area contributed by atoms with E-state index in [0.717, 1.165) is 31.5 Å². The Kier molecular flexibility index (Phi) is 4.19. The van der Waals surface area contributed by atoms with Crippen LogP contribution in [0.1, 0.15) is 35.3 Å². The van der Waals surface area contributed by atoms with Gasteiger partial charge in [0.05, 0.1) is 0 Å². The van der Waals surface area contributed by atoms with E-state index in [1.54, 1.807) is 11.7 Å². The van der Waals surface area contributed by atoms with E-state index in [0.29, 0.717) is 18.7 Å². The molecule has 104 valence electrons. The van der Waals surface area contributed by atoms with Crippen molar-refractivity contribution < 1.29 is 9.59 Å². The zero-order chi connectivity index (χ0) is 13.8. The number of carbonyl (C=O) groups excluding carboxylic acids is 2. The number of hydrogen-bond donors (Lipinski definition) is 1. The van der Waals surface area contributed by atoms with E-state index in [-0.39, 0.29) is 11.8 Å². The number of likely N-dealkylation sites (tertiary alicyclic amines) is 1. The van der Waals surface area contributed by atoms with Crippen LogP contribution in [0.4, 0.5) is 0 Å². The molecule has 1 N–H and O–H groups in total. The molecule has 1 saturated heterocycles. The van der Waals surface area contributed by atoms with Crippen molar-refractivity contribution in [1.82, 2.24) is 20.0 Å². The molecule has 0 spiro atoms. The van der Waals surface area contributed by atoms with E-state index in [1.807, 2.05) is 18.0 Å². The number of hydrogen-bond acceptors (Lipinski definition) is 3. The van der Waals surface area contributed by atoms with Crippen molar-refractivity contribution in [3.63, 3.8) is 0 Å². The second-order valence-electron chi connectivity index (χ2n) is 4.93. The summed E-state index contributed by atoms with van der Waals surface area (Å²) in [6, 6.07) is 0. The summed E-state index contributed by atoms with van der Waals surface area (Å²) in [5.74, 6) is 0.0812. The minimum absolute atomic E-state index is 0.147. The number of aromatic nitrogens is 2. The van der Waals surface area contributed by atoms with E-state index in [1.165, 1.54) is 0 Å². The molecule has 0 saturated carbocycles. The van der Waals surface area contributed by atoms with Gasteiger partial charge < -0.3 is 10.2 Å². The number of amides is 2. The van der Waals surface area contributed by atoms with E-state index in [2.05, 4.69) is 10.4 Å². The minimum atomic E-state index is -0.147. The standard InChI is InChI=1S/C13H20N4O2/c1-10-9-16(2)15-12(10)13(19)14-6-4-8-17-7-3-5-11(17)18/h9H,3-8H2,1-2H3,(H,14,19). The summed E-state index contributed by atoms with van der Waals surface area (Å²) in [5, 5.41) is 6.96. The molecule has 1 fully saturated rings. The van der Waals surface area contributed by atoms with Crippen molar-refractivity contribution in [2.75, 3.05) is 19.6 Å². The summed E-state index contributed by atoms with van der Waals surface area (Å²) in [6.45, 7) is 4.01. The van der Waals surface area contributed by atoms with Crippen LogP contribution in [0.3, 0.4) is 0 Å². The van der Waals surface area contributed by atoms with Crippen LogP contribution in [0, 0.1) is 6.92 Å². The second-order valence-corrected chi connectivity index (χ2v) is 4.93. The van der Waals surface area contributed by atoms with Gasteiger partial charge in [0.15, 0.2) is 5.69 Å². The van der Waals surface area contributed by atoms with Crippen LogP contribution < -0.4 is 5.32 Å². The Labute approximate surface area is 112 Å². The fourth-order valence-corrected chi connectivity index (χ4v) is 2.33. The van der Waals surface area contributed by atoms with E-state index in [4.69, 9.17) is 0 Å². The second kappa shape index (κ2) is 5.86. The summed E-state index contributed by atoms with van der Waals surface area (Å²) >= 11 is 0. The van der Waals surface area contributed by atoms with Crippen molar-refractivity contribution in [1.29, 1.82) is 0 Å². The molecule has 0 atom stereocenters. The monoisotopic (exact) mass is 264 g/mol. The van der Waals surface area contributed by atoms with Gasteiger partial charge in [0.25, 0.3) is 5.91 Å². The van der Waals surface area contributed by atoms with Gasteiger partial charge in [0.2, 0.25) is 5.91 Å². The van der Waals surface area contributed by atoms with Gasteiger partial charge >= 0.3 is 0 Å². The van der Waals surface area contributed by atoms with E-state index < -0.39 is 0 Å². The molecule has 0 aromatic carbocycles. The molecule has 2 amide bonds. The lowest BCUT2D eigenvalue weighted by atomic mass is 10.2. The van der Waals surface area contributed by atoms with Crippen LogP contribution in [-0.2, 0) is 11.8 Å². The zero-order valence-corrected chi connectivity index (χ0v) is 11.5. The van der Waals surface area contributed by atoms with Gasteiger partial charge in [0.1, 0.15) is 0 Å². The molecule has 0 radical (unpaired) electrons. The largest absolute Gasteiger partial charge is 0.351 e. The third kappa shape index (κ3) is 3.33. The first-order chi connectivity index (χ1) is 9.08. The van der Waals surface area contributed by atoms with Crippen molar-refractivity contribution in [2.24, 2.45) is 7.05 Å². The molecule has 0 aliphatic carbocycles. The Morgan fingerprint density at radius 3 is 2.89 bits per heavy atom. The maximum Gasteiger partial charge on any atom is 0.272 e. The number of aryl methyl sites for hydroxylation is 2. The number of carbonyl (C=O) groups is 2. The molecule has 2 rings (SSSR count). The first-order valence-electron chi connectivity index (χ1n) is 6.64. The highest BCUT2D eigenvalue weighted by Crippen LogP contribution is 2.09. The van der Waals surface area contributed by atoms with Gasteiger partial charge in [-0.25, -0.2) is 0 Å². The average molecular weight is 264 g/mol. The van der Waals surface area contributed by atoms with Crippen molar-refractivity contribution in [3.8, 4) is 0 Å². The predicted molar refractivity (Wildman–Crippen MR) is 70.7 cm³/mol. The van der Waals surface area contributed by atoms with Crippen LogP contribution in [0.2, 0.25) is 0 Å². The van der Waals surface area contributed by atoms with Crippen LogP contribution >= 0.6 is 0 Å². The fourth-order valence-electron chi connectivity index (χ4n) is 2.33. The number of nitrogens with zero attached hydrogens (tertiary/aromatic N) is 3. The molecule has 0 bridgehead atoms. The highest BCUT2D eigenvalue weighted by molar-refractivity contribution is 5.93. The number of rotatable bonds is 5. The van der Waals surface area contributed by atoms with E-state index >= 15 is 0 Å². The Bertz CT molecular complexity index is 481. The molecule has 19 heavy (non-hydrogen) atoms. The molecular weight excluding hydrogens is 244 g/mol. The van der Waals surface area contributed by atoms with Crippen LogP contribution in [-0.4, -0.2) is 46.1 Å². The van der Waals surface area contributed by atoms with Crippen molar-refractivity contribution in [3.05, 3.63) is 17.5 Å². The highest BCUT2D eigenvalue weighted by Gasteiger charge is 2.19. The molecule has 0 unspecified atom stereocenters. The summed E-state index contributed by atoms with van der Waals surface area (Å²) in [5.41, 5.74) is 1.34. The first kappa shape index (κ1) is 13.6. The third-order valence-corrected chi connectivity index (χ3v) is 3.29. The van der Waals surface area contributed by atoms with Gasteiger partial charge in [-0.05, 0) is 19.8 Å². The van der Waals surface area contributed by atoms with Crippen LogP contribution in [0.25, 0.3) is 0 Å². The molecule has 1 aromatic rings. The van der Waals surface area contributed by atoms with Crippen LogP contribution in [0.5, 0.6) is 0 Å². The molecule has 1 aromatic heterocycles. The predicted octanol–water partition coefficient (Wildman–Crippen LogP) is 0.471. The Hall–Kier alpha value is -1.85. The minimum Gasteiger partial charge on any atom is -0.351 e. The zero-order valence-electron chi connectivity index (χ0n) is 11.5. The Morgan fingerprint density at radius 2 is 2.32 bits per heavy atom. The Balaban J connectivity index is 1.72. The molecule has 2 heterocycles. The van der Waals surface area contributed by atoms with Gasteiger partial charge in [-0.3, -0.25) is 14.3 Å². The molecule has 1 aliphatic heterocycles. The molecular formula is C13H20N4O2. The van der Waals surface area contributed by atoms with Gasteiger partial charge in [0, 0.05) is 44.9 Å². The molecule has 6 nitrogen and oxygen atoms in total. The maximum atomic E-state index is 11.9. The first-order valence-corrected chi connectivity index (χ1v) is 6.64. The normalized spacial score (nSPS) is 15.1.